The van der Waals surface area contributed by atoms with Crippen molar-refractivity contribution in [1.82, 2.24) is 4.90 Å². The van der Waals surface area contributed by atoms with E-state index in [9.17, 15) is 26.3 Å². The zero-order valence-electron chi connectivity index (χ0n) is 5.00. The van der Waals surface area contributed by atoms with Gasteiger partial charge in [-0.2, -0.15) is 0 Å². The maximum Gasteiger partial charge on any atom is 0.491 e. The van der Waals surface area contributed by atoms with E-state index in [-0.39, 0.29) is 6.20 Å². The summed E-state index contributed by atoms with van der Waals surface area (Å²) in [6.45, 7) is 2.38. The number of rotatable bonds is 1. The van der Waals surface area contributed by atoms with Gasteiger partial charge in [-0.25, -0.2) is 4.90 Å². The summed E-state index contributed by atoms with van der Waals surface area (Å²) in [5, 5.41) is 0. The van der Waals surface area contributed by atoms with E-state index in [0.29, 0.717) is 0 Å². The molecule has 0 saturated heterocycles. The van der Waals surface area contributed by atoms with Gasteiger partial charge in [-0.3, -0.25) is 0 Å². The zero-order chi connectivity index (χ0) is 9.28. The lowest BCUT2D eigenvalue weighted by Crippen LogP contribution is -2.43. The second-order valence-electron chi connectivity index (χ2n) is 1.49. The fourth-order valence-electron chi connectivity index (χ4n) is 0.351. The van der Waals surface area contributed by atoms with Gasteiger partial charge in [0.1, 0.15) is 0 Å². The van der Waals surface area contributed by atoms with Gasteiger partial charge in [0.15, 0.2) is 0 Å². The van der Waals surface area contributed by atoms with Crippen LogP contribution in [0.4, 0.5) is 26.3 Å². The van der Waals surface area contributed by atoms with Gasteiger partial charge in [0.25, 0.3) is 0 Å². The summed E-state index contributed by atoms with van der Waals surface area (Å²) >= 11 is 0. The highest BCUT2D eigenvalue weighted by atomic mass is 19.4. The Morgan fingerprint density at radius 2 is 1.18 bits per heavy atom. The lowest BCUT2D eigenvalue weighted by molar-refractivity contribution is -0.353. The van der Waals surface area contributed by atoms with Gasteiger partial charge < -0.3 is 0 Å². The van der Waals surface area contributed by atoms with E-state index in [1.807, 2.05) is 0 Å². The number of alkyl halides is 6. The van der Waals surface area contributed by atoms with Crippen LogP contribution in [0.5, 0.6) is 0 Å². The van der Waals surface area contributed by atoms with Crippen molar-refractivity contribution in [2.75, 3.05) is 0 Å². The van der Waals surface area contributed by atoms with Crippen LogP contribution in [-0.2, 0) is 0 Å². The van der Waals surface area contributed by atoms with Crippen molar-refractivity contribution < 1.29 is 26.3 Å². The Hall–Kier alpha value is -0.880. The number of nitrogens with zero attached hydrogens (tertiary/aromatic N) is 1. The van der Waals surface area contributed by atoms with Crippen LogP contribution in [0.15, 0.2) is 12.8 Å². The molecule has 0 fully saturated rings. The summed E-state index contributed by atoms with van der Waals surface area (Å²) in [5.41, 5.74) is 0. The molecule has 0 aliphatic rings. The van der Waals surface area contributed by atoms with E-state index >= 15 is 0 Å². The molecule has 0 aromatic rings. The number of hydrogen-bond donors (Lipinski definition) is 0. The standard InChI is InChI=1S/C4H3F6N/c1-2-11(3(5,6)7)4(8,9)10/h2H,1H2. The third-order valence-electron chi connectivity index (χ3n) is 0.729. The minimum Gasteiger partial charge on any atom is -0.201 e. The average molecular weight is 179 g/mol. The number of halogens is 6. The van der Waals surface area contributed by atoms with Gasteiger partial charge in [-0.15, -0.1) is 26.3 Å². The molecule has 7 heteroatoms. The first-order chi connectivity index (χ1) is 4.69. The van der Waals surface area contributed by atoms with Crippen LogP contribution >= 0.6 is 0 Å². The van der Waals surface area contributed by atoms with Crippen LogP contribution in [0.3, 0.4) is 0 Å². The minimum absolute atomic E-state index is 0.333. The monoisotopic (exact) mass is 179 g/mol. The van der Waals surface area contributed by atoms with E-state index < -0.39 is 17.5 Å². The third kappa shape index (κ3) is 2.69. The summed E-state index contributed by atoms with van der Waals surface area (Å²) in [4.78, 5) is -1.74. The van der Waals surface area contributed by atoms with Gasteiger partial charge in [-0.1, -0.05) is 6.58 Å². The predicted octanol–water partition coefficient (Wildman–Crippen LogP) is 2.47. The van der Waals surface area contributed by atoms with Crippen molar-refractivity contribution in [1.29, 1.82) is 0 Å². The molecule has 0 unspecified atom stereocenters. The van der Waals surface area contributed by atoms with Crippen LogP contribution in [0, 0.1) is 0 Å². The largest absolute Gasteiger partial charge is 0.491 e. The Morgan fingerprint density at radius 3 is 1.18 bits per heavy atom. The Morgan fingerprint density at radius 1 is 0.909 bits per heavy atom. The molecule has 0 amide bonds. The molecule has 0 aliphatic carbocycles. The quantitative estimate of drug-likeness (QED) is 0.441. The molecule has 0 aromatic heterocycles. The highest BCUT2D eigenvalue weighted by Crippen LogP contribution is 2.32. The molecule has 0 aliphatic heterocycles. The van der Waals surface area contributed by atoms with Crippen LogP contribution in [-0.4, -0.2) is 17.5 Å². The molecule has 0 bridgehead atoms. The molecule has 0 radical (unpaired) electrons. The van der Waals surface area contributed by atoms with E-state index in [2.05, 4.69) is 6.58 Å². The molecule has 0 heterocycles. The summed E-state index contributed by atoms with van der Waals surface area (Å²) in [5.74, 6) is 0. The predicted molar refractivity (Wildman–Crippen MR) is 24.1 cm³/mol. The molecule has 11 heavy (non-hydrogen) atoms. The van der Waals surface area contributed by atoms with Crippen molar-refractivity contribution in [2.24, 2.45) is 0 Å². The van der Waals surface area contributed by atoms with Crippen molar-refractivity contribution in [3.05, 3.63) is 12.8 Å². The highest BCUT2D eigenvalue weighted by Gasteiger charge is 2.51. The summed E-state index contributed by atoms with van der Waals surface area (Å²) in [6, 6.07) is 0. The molecular weight excluding hydrogens is 176 g/mol. The normalized spacial score (nSPS) is 12.9. The topological polar surface area (TPSA) is 3.24 Å². The molecule has 0 N–H and O–H groups in total. The number of hydrogen-bond acceptors (Lipinski definition) is 1. The average Bonchev–Trinajstić information content (AvgIpc) is 1.56. The summed E-state index contributed by atoms with van der Waals surface area (Å²) in [7, 11) is 0. The van der Waals surface area contributed by atoms with E-state index in [1.54, 1.807) is 0 Å². The van der Waals surface area contributed by atoms with E-state index in [0.717, 1.165) is 0 Å². The summed E-state index contributed by atoms with van der Waals surface area (Å²) in [6.07, 6.45) is -11.2. The van der Waals surface area contributed by atoms with Crippen molar-refractivity contribution >= 4 is 0 Å². The zero-order valence-corrected chi connectivity index (χ0v) is 5.00. The van der Waals surface area contributed by atoms with E-state index in [1.165, 1.54) is 0 Å². The van der Waals surface area contributed by atoms with E-state index in [4.69, 9.17) is 0 Å². The molecule has 0 rings (SSSR count). The van der Waals surface area contributed by atoms with Gasteiger partial charge in [-0.05, 0) is 0 Å². The van der Waals surface area contributed by atoms with Crippen LogP contribution in [0.25, 0.3) is 0 Å². The Bertz CT molecular complexity index is 130. The lowest BCUT2D eigenvalue weighted by Gasteiger charge is -2.24. The van der Waals surface area contributed by atoms with Gasteiger partial charge in [0.05, 0.1) is 0 Å². The first-order valence-corrected chi connectivity index (χ1v) is 2.25. The first-order valence-electron chi connectivity index (χ1n) is 2.25. The van der Waals surface area contributed by atoms with Gasteiger partial charge in [0.2, 0.25) is 0 Å². The lowest BCUT2D eigenvalue weighted by atomic mass is 10.7. The molecule has 0 spiro atoms. The van der Waals surface area contributed by atoms with Gasteiger partial charge in [0, 0.05) is 6.20 Å². The SMILES string of the molecule is C=CN(C(F)(F)F)C(F)(F)F. The fourth-order valence-corrected chi connectivity index (χ4v) is 0.351. The maximum atomic E-state index is 11.4. The molecule has 66 valence electrons. The molecule has 0 aromatic carbocycles. The first kappa shape index (κ1) is 10.1. The summed E-state index contributed by atoms with van der Waals surface area (Å²) < 4.78 is 68.1. The van der Waals surface area contributed by atoms with Crippen molar-refractivity contribution in [3.63, 3.8) is 0 Å². The second kappa shape index (κ2) is 2.63. The Kier molecular flexibility index (Phi) is 2.42. The van der Waals surface area contributed by atoms with Crippen LogP contribution < -0.4 is 0 Å². The molecule has 1 nitrogen and oxygen atoms in total. The smallest absolute Gasteiger partial charge is 0.201 e. The highest BCUT2D eigenvalue weighted by molar-refractivity contribution is 4.75. The maximum absolute atomic E-state index is 11.4. The second-order valence-corrected chi connectivity index (χ2v) is 1.49. The van der Waals surface area contributed by atoms with Crippen molar-refractivity contribution in [2.45, 2.75) is 12.6 Å². The minimum atomic E-state index is -5.46. The molecular formula is C4H3F6N. The Balaban J connectivity index is 4.56. The van der Waals surface area contributed by atoms with Crippen LogP contribution in [0.2, 0.25) is 0 Å². The van der Waals surface area contributed by atoms with Gasteiger partial charge >= 0.3 is 12.6 Å². The van der Waals surface area contributed by atoms with Crippen LogP contribution in [0.1, 0.15) is 0 Å². The van der Waals surface area contributed by atoms with Crippen molar-refractivity contribution in [3.8, 4) is 0 Å². The molecule has 0 atom stereocenters. The third-order valence-corrected chi connectivity index (χ3v) is 0.729. The molecule has 0 saturated carbocycles. The fraction of sp³-hybridized carbons (Fsp3) is 0.500. The Labute approximate surface area is 57.9 Å².